The Morgan fingerprint density at radius 1 is 1.14 bits per heavy atom. The zero-order chi connectivity index (χ0) is 9.97. The highest BCUT2D eigenvalue weighted by Crippen LogP contribution is 2.13. The number of H-pyrrole nitrogens is 1. The van der Waals surface area contributed by atoms with Crippen LogP contribution >= 0.6 is 0 Å². The Labute approximate surface area is 79.6 Å². The lowest BCUT2D eigenvalue weighted by molar-refractivity contribution is 1.05. The molecule has 14 heavy (non-hydrogen) atoms. The number of nitrogens with one attached hydrogen (secondary N) is 1. The van der Waals surface area contributed by atoms with Gasteiger partial charge in [0.2, 0.25) is 5.56 Å². The number of hydrogen-bond acceptors (Lipinski definition) is 4. The van der Waals surface area contributed by atoms with Crippen LogP contribution in [0.2, 0.25) is 0 Å². The van der Waals surface area contributed by atoms with E-state index < -0.39 is 0 Å². The van der Waals surface area contributed by atoms with Crippen LogP contribution in [-0.4, -0.2) is 15.2 Å². The van der Waals surface area contributed by atoms with Gasteiger partial charge in [-0.05, 0) is 18.2 Å². The SMILES string of the molecule is Nc1ccc(-c2ccc(=O)[nH]c2)nn1. The second-order valence-corrected chi connectivity index (χ2v) is 2.79. The number of hydrogen-bond donors (Lipinski definition) is 2. The Balaban J connectivity index is 2.44. The van der Waals surface area contributed by atoms with E-state index in [-0.39, 0.29) is 5.56 Å². The van der Waals surface area contributed by atoms with Crippen molar-refractivity contribution >= 4 is 5.82 Å². The molecule has 70 valence electrons. The summed E-state index contributed by atoms with van der Waals surface area (Å²) in [6.07, 6.45) is 1.59. The fourth-order valence-electron chi connectivity index (χ4n) is 1.07. The van der Waals surface area contributed by atoms with Gasteiger partial charge in [0.05, 0.1) is 5.69 Å². The molecule has 2 aromatic rings. The van der Waals surface area contributed by atoms with Gasteiger partial charge in [0.25, 0.3) is 0 Å². The van der Waals surface area contributed by atoms with Crippen LogP contribution in [-0.2, 0) is 0 Å². The quantitative estimate of drug-likeness (QED) is 0.679. The molecule has 0 unspecified atom stereocenters. The lowest BCUT2D eigenvalue weighted by atomic mass is 10.2. The summed E-state index contributed by atoms with van der Waals surface area (Å²) in [5.74, 6) is 0.373. The molecule has 0 bridgehead atoms. The monoisotopic (exact) mass is 188 g/mol. The topological polar surface area (TPSA) is 84.7 Å². The minimum Gasteiger partial charge on any atom is -0.382 e. The molecule has 0 saturated carbocycles. The largest absolute Gasteiger partial charge is 0.382 e. The van der Waals surface area contributed by atoms with E-state index >= 15 is 0 Å². The molecule has 0 aliphatic rings. The number of pyridine rings is 1. The summed E-state index contributed by atoms with van der Waals surface area (Å²) in [6.45, 7) is 0. The molecule has 0 aliphatic carbocycles. The summed E-state index contributed by atoms with van der Waals surface area (Å²) < 4.78 is 0. The average Bonchev–Trinajstić information content (AvgIpc) is 2.21. The first-order chi connectivity index (χ1) is 6.75. The van der Waals surface area contributed by atoms with Gasteiger partial charge in [-0.1, -0.05) is 0 Å². The Morgan fingerprint density at radius 2 is 2.00 bits per heavy atom. The van der Waals surface area contributed by atoms with Crippen LogP contribution in [0.5, 0.6) is 0 Å². The van der Waals surface area contributed by atoms with Crippen molar-refractivity contribution in [2.24, 2.45) is 0 Å². The lowest BCUT2D eigenvalue weighted by Gasteiger charge is -1.98. The van der Waals surface area contributed by atoms with E-state index in [2.05, 4.69) is 15.2 Å². The second kappa shape index (κ2) is 3.29. The van der Waals surface area contributed by atoms with Crippen LogP contribution < -0.4 is 11.3 Å². The number of anilines is 1. The van der Waals surface area contributed by atoms with Crippen molar-refractivity contribution in [2.75, 3.05) is 5.73 Å². The summed E-state index contributed by atoms with van der Waals surface area (Å²) in [5.41, 5.74) is 6.74. The van der Waals surface area contributed by atoms with Crippen LogP contribution in [0.3, 0.4) is 0 Å². The van der Waals surface area contributed by atoms with E-state index in [0.717, 1.165) is 5.56 Å². The highest BCUT2D eigenvalue weighted by atomic mass is 16.1. The van der Waals surface area contributed by atoms with Gasteiger partial charge < -0.3 is 10.7 Å². The summed E-state index contributed by atoms with van der Waals surface area (Å²) in [6, 6.07) is 6.52. The van der Waals surface area contributed by atoms with Gasteiger partial charge in [-0.3, -0.25) is 4.79 Å². The zero-order valence-corrected chi connectivity index (χ0v) is 7.27. The number of aromatic amines is 1. The van der Waals surface area contributed by atoms with Crippen molar-refractivity contribution in [1.82, 2.24) is 15.2 Å². The molecule has 0 aliphatic heterocycles. The second-order valence-electron chi connectivity index (χ2n) is 2.79. The third-order valence-corrected chi connectivity index (χ3v) is 1.77. The third kappa shape index (κ3) is 1.61. The molecule has 0 amide bonds. The summed E-state index contributed by atoms with van der Waals surface area (Å²) in [7, 11) is 0. The molecule has 0 saturated heterocycles. The highest BCUT2D eigenvalue weighted by Gasteiger charge is 1.98. The highest BCUT2D eigenvalue weighted by molar-refractivity contribution is 5.57. The van der Waals surface area contributed by atoms with Crippen molar-refractivity contribution in [1.29, 1.82) is 0 Å². The summed E-state index contributed by atoms with van der Waals surface area (Å²) in [5, 5.41) is 7.59. The molecule has 2 aromatic heterocycles. The van der Waals surface area contributed by atoms with Crippen molar-refractivity contribution in [3.63, 3.8) is 0 Å². The predicted molar refractivity (Wildman–Crippen MR) is 52.5 cm³/mol. The molecule has 5 heteroatoms. The molecule has 2 rings (SSSR count). The van der Waals surface area contributed by atoms with E-state index in [1.807, 2.05) is 0 Å². The van der Waals surface area contributed by atoms with Gasteiger partial charge >= 0.3 is 0 Å². The molecule has 0 atom stereocenters. The molecule has 3 N–H and O–H groups in total. The smallest absolute Gasteiger partial charge is 0.247 e. The van der Waals surface area contributed by atoms with Crippen LogP contribution in [0.1, 0.15) is 0 Å². The van der Waals surface area contributed by atoms with Crippen LogP contribution in [0.15, 0.2) is 35.3 Å². The molecule has 0 radical (unpaired) electrons. The fraction of sp³-hybridized carbons (Fsp3) is 0. The van der Waals surface area contributed by atoms with E-state index in [4.69, 9.17) is 5.73 Å². The standard InChI is InChI=1S/C9H8N4O/c10-8-3-2-7(12-13-8)6-1-4-9(14)11-5-6/h1-5H,(H2,10,13)(H,11,14). The van der Waals surface area contributed by atoms with Gasteiger partial charge in [0, 0.05) is 17.8 Å². The first-order valence-electron chi connectivity index (χ1n) is 4.04. The van der Waals surface area contributed by atoms with Crippen molar-refractivity contribution < 1.29 is 0 Å². The predicted octanol–water partition coefficient (Wildman–Crippen LogP) is 0.414. The molecule has 0 spiro atoms. The average molecular weight is 188 g/mol. The molecular formula is C9H8N4O. The normalized spacial score (nSPS) is 10.0. The van der Waals surface area contributed by atoms with E-state index in [1.54, 1.807) is 24.4 Å². The fourth-order valence-corrected chi connectivity index (χ4v) is 1.07. The van der Waals surface area contributed by atoms with Crippen LogP contribution in [0.25, 0.3) is 11.3 Å². The molecule has 2 heterocycles. The van der Waals surface area contributed by atoms with Crippen molar-refractivity contribution in [3.05, 3.63) is 40.8 Å². The summed E-state index contributed by atoms with van der Waals surface area (Å²) in [4.78, 5) is 13.4. The zero-order valence-electron chi connectivity index (χ0n) is 7.27. The number of nitrogens with two attached hydrogens (primary N) is 1. The van der Waals surface area contributed by atoms with E-state index in [1.165, 1.54) is 6.07 Å². The number of rotatable bonds is 1. The Hall–Kier alpha value is -2.17. The molecule has 0 fully saturated rings. The van der Waals surface area contributed by atoms with E-state index in [0.29, 0.717) is 11.5 Å². The summed E-state index contributed by atoms with van der Waals surface area (Å²) >= 11 is 0. The number of aromatic nitrogens is 3. The molecule has 0 aromatic carbocycles. The lowest BCUT2D eigenvalue weighted by Crippen LogP contribution is -2.02. The third-order valence-electron chi connectivity index (χ3n) is 1.77. The van der Waals surface area contributed by atoms with Gasteiger partial charge in [-0.2, -0.15) is 0 Å². The Bertz CT molecular complexity index is 468. The number of nitrogens with zero attached hydrogens (tertiary/aromatic N) is 2. The van der Waals surface area contributed by atoms with Gasteiger partial charge in [-0.15, -0.1) is 10.2 Å². The van der Waals surface area contributed by atoms with Crippen molar-refractivity contribution in [3.8, 4) is 11.3 Å². The first-order valence-corrected chi connectivity index (χ1v) is 4.04. The first kappa shape index (κ1) is 8.43. The van der Waals surface area contributed by atoms with Gasteiger partial charge in [0.15, 0.2) is 0 Å². The minimum atomic E-state index is -0.142. The number of nitrogen functional groups attached to an aromatic ring is 1. The Kier molecular flexibility index (Phi) is 1.98. The maximum atomic E-state index is 10.8. The maximum Gasteiger partial charge on any atom is 0.247 e. The van der Waals surface area contributed by atoms with Gasteiger partial charge in [-0.25, -0.2) is 0 Å². The minimum absolute atomic E-state index is 0.142. The Morgan fingerprint density at radius 3 is 2.57 bits per heavy atom. The molecule has 5 nitrogen and oxygen atoms in total. The van der Waals surface area contributed by atoms with Gasteiger partial charge in [0.1, 0.15) is 5.82 Å². The maximum absolute atomic E-state index is 10.8. The van der Waals surface area contributed by atoms with Crippen LogP contribution in [0, 0.1) is 0 Å². The van der Waals surface area contributed by atoms with Crippen molar-refractivity contribution in [2.45, 2.75) is 0 Å². The van der Waals surface area contributed by atoms with Crippen LogP contribution in [0.4, 0.5) is 5.82 Å². The molecular weight excluding hydrogens is 180 g/mol. The van der Waals surface area contributed by atoms with E-state index in [9.17, 15) is 4.79 Å².